The molecule has 2 aromatic carbocycles. The number of hydrogen-bond acceptors (Lipinski definition) is 5. The zero-order chi connectivity index (χ0) is 20.5. The Bertz CT molecular complexity index is 783. The van der Waals surface area contributed by atoms with E-state index in [0.29, 0.717) is 29.0 Å². The minimum absolute atomic E-state index is 0.354. The van der Waals surface area contributed by atoms with E-state index in [1.807, 2.05) is 25.1 Å². The van der Waals surface area contributed by atoms with Gasteiger partial charge in [-0.15, -0.1) is 0 Å². The van der Waals surface area contributed by atoms with Crippen LogP contribution in [-0.4, -0.2) is 50.9 Å². The van der Waals surface area contributed by atoms with Crippen molar-refractivity contribution in [2.45, 2.75) is 20.1 Å². The Hall–Kier alpha value is -1.50. The predicted molar refractivity (Wildman–Crippen MR) is 117 cm³/mol. The van der Waals surface area contributed by atoms with E-state index in [1.54, 1.807) is 12.1 Å². The highest BCUT2D eigenvalue weighted by atomic mass is 35.5. The van der Waals surface area contributed by atoms with E-state index in [1.165, 1.54) is 0 Å². The summed E-state index contributed by atoms with van der Waals surface area (Å²) in [5, 5.41) is 4.70. The summed E-state index contributed by atoms with van der Waals surface area (Å²) < 4.78 is 17.1. The highest BCUT2D eigenvalue weighted by Gasteiger charge is 2.11. The number of halogens is 2. The van der Waals surface area contributed by atoms with Gasteiger partial charge in [0, 0.05) is 48.3 Å². The molecule has 1 aliphatic rings. The van der Waals surface area contributed by atoms with E-state index in [-0.39, 0.29) is 0 Å². The lowest BCUT2D eigenvalue weighted by Crippen LogP contribution is -2.40. The first-order valence-corrected chi connectivity index (χ1v) is 10.7. The summed E-state index contributed by atoms with van der Waals surface area (Å²) in [5.41, 5.74) is 2.04. The average molecular weight is 439 g/mol. The molecule has 0 aliphatic carbocycles. The van der Waals surface area contributed by atoms with Gasteiger partial charge in [-0.25, -0.2) is 0 Å². The second kappa shape index (κ2) is 11.6. The molecule has 3 rings (SSSR count). The number of benzene rings is 2. The Morgan fingerprint density at radius 1 is 1.03 bits per heavy atom. The maximum atomic E-state index is 6.23. The van der Waals surface area contributed by atoms with Crippen LogP contribution in [-0.2, 0) is 17.9 Å². The summed E-state index contributed by atoms with van der Waals surface area (Å²) in [7, 11) is 0. The van der Waals surface area contributed by atoms with E-state index in [0.717, 1.165) is 62.8 Å². The average Bonchev–Trinajstić information content (AvgIpc) is 2.73. The van der Waals surface area contributed by atoms with Crippen LogP contribution in [0.5, 0.6) is 11.5 Å². The monoisotopic (exact) mass is 438 g/mol. The van der Waals surface area contributed by atoms with Gasteiger partial charge < -0.3 is 19.5 Å². The standard InChI is InChI=1S/C22H28Cl2N2O3/c1-2-28-22-13-17(15-25-7-8-26-9-11-27-12-10-26)3-6-21(22)29-16-18-4-5-19(23)14-20(18)24/h3-6,13-14,25H,2,7-12,15-16H2,1H3. The van der Waals surface area contributed by atoms with Crippen LogP contribution in [0.1, 0.15) is 18.1 Å². The maximum absolute atomic E-state index is 6.23. The molecule has 7 heteroatoms. The molecular formula is C22H28Cl2N2O3. The van der Waals surface area contributed by atoms with Gasteiger partial charge in [0.2, 0.25) is 0 Å². The highest BCUT2D eigenvalue weighted by molar-refractivity contribution is 6.35. The number of ether oxygens (including phenoxy) is 3. The van der Waals surface area contributed by atoms with Gasteiger partial charge in [-0.3, -0.25) is 4.90 Å². The van der Waals surface area contributed by atoms with E-state index in [4.69, 9.17) is 37.4 Å². The van der Waals surface area contributed by atoms with Crippen molar-refractivity contribution in [1.29, 1.82) is 0 Å². The molecule has 5 nitrogen and oxygen atoms in total. The smallest absolute Gasteiger partial charge is 0.161 e. The van der Waals surface area contributed by atoms with Crippen molar-refractivity contribution in [2.75, 3.05) is 46.0 Å². The summed E-state index contributed by atoms with van der Waals surface area (Å²) in [6, 6.07) is 11.4. The fourth-order valence-corrected chi connectivity index (χ4v) is 3.60. The summed E-state index contributed by atoms with van der Waals surface area (Å²) in [4.78, 5) is 2.42. The molecule has 0 bridgehead atoms. The van der Waals surface area contributed by atoms with Crippen LogP contribution >= 0.6 is 23.2 Å². The Morgan fingerprint density at radius 2 is 1.86 bits per heavy atom. The topological polar surface area (TPSA) is 43.0 Å². The molecule has 1 fully saturated rings. The van der Waals surface area contributed by atoms with Gasteiger partial charge in [-0.1, -0.05) is 35.3 Å². The zero-order valence-electron chi connectivity index (χ0n) is 16.8. The van der Waals surface area contributed by atoms with E-state index >= 15 is 0 Å². The van der Waals surface area contributed by atoms with E-state index < -0.39 is 0 Å². The highest BCUT2D eigenvalue weighted by Crippen LogP contribution is 2.30. The third kappa shape index (κ3) is 7.05. The molecule has 1 heterocycles. The second-order valence-electron chi connectivity index (χ2n) is 6.87. The van der Waals surface area contributed by atoms with Gasteiger partial charge >= 0.3 is 0 Å². The molecule has 1 aliphatic heterocycles. The summed E-state index contributed by atoms with van der Waals surface area (Å²) in [5.74, 6) is 1.44. The van der Waals surface area contributed by atoms with Crippen molar-refractivity contribution in [2.24, 2.45) is 0 Å². The number of hydrogen-bond donors (Lipinski definition) is 1. The zero-order valence-corrected chi connectivity index (χ0v) is 18.3. The number of morpholine rings is 1. The van der Waals surface area contributed by atoms with Crippen molar-refractivity contribution in [3.8, 4) is 11.5 Å². The molecule has 0 atom stereocenters. The molecule has 0 unspecified atom stereocenters. The Labute approximate surface area is 182 Å². The van der Waals surface area contributed by atoms with Crippen LogP contribution in [0.15, 0.2) is 36.4 Å². The van der Waals surface area contributed by atoms with Crippen LogP contribution in [0.25, 0.3) is 0 Å². The predicted octanol–water partition coefficient (Wildman–Crippen LogP) is 4.39. The van der Waals surface area contributed by atoms with Crippen molar-refractivity contribution in [3.05, 3.63) is 57.6 Å². The van der Waals surface area contributed by atoms with Gasteiger partial charge in [0.25, 0.3) is 0 Å². The summed E-state index contributed by atoms with van der Waals surface area (Å²) in [6.07, 6.45) is 0. The molecular weight excluding hydrogens is 411 g/mol. The number of nitrogens with one attached hydrogen (secondary N) is 1. The Balaban J connectivity index is 1.53. The maximum Gasteiger partial charge on any atom is 0.161 e. The SMILES string of the molecule is CCOc1cc(CNCCN2CCOCC2)ccc1OCc1ccc(Cl)cc1Cl. The number of nitrogens with zero attached hydrogens (tertiary/aromatic N) is 1. The molecule has 0 spiro atoms. The molecule has 0 amide bonds. The molecule has 29 heavy (non-hydrogen) atoms. The fourth-order valence-electron chi connectivity index (χ4n) is 3.14. The Morgan fingerprint density at radius 3 is 2.62 bits per heavy atom. The molecule has 2 aromatic rings. The minimum atomic E-state index is 0.354. The Kier molecular flexibility index (Phi) is 8.90. The quantitative estimate of drug-likeness (QED) is 0.557. The van der Waals surface area contributed by atoms with Crippen LogP contribution in [0.3, 0.4) is 0 Å². The third-order valence-electron chi connectivity index (χ3n) is 4.74. The van der Waals surface area contributed by atoms with Gasteiger partial charge in [0.15, 0.2) is 11.5 Å². The van der Waals surface area contributed by atoms with Crippen LogP contribution in [0, 0.1) is 0 Å². The van der Waals surface area contributed by atoms with Gasteiger partial charge in [0.05, 0.1) is 19.8 Å². The molecule has 158 valence electrons. The van der Waals surface area contributed by atoms with Crippen LogP contribution in [0.2, 0.25) is 10.0 Å². The van der Waals surface area contributed by atoms with Gasteiger partial charge in [-0.2, -0.15) is 0 Å². The van der Waals surface area contributed by atoms with Crippen LogP contribution < -0.4 is 14.8 Å². The van der Waals surface area contributed by atoms with Gasteiger partial charge in [0.1, 0.15) is 6.61 Å². The third-order valence-corrected chi connectivity index (χ3v) is 5.33. The van der Waals surface area contributed by atoms with E-state index in [2.05, 4.69) is 16.3 Å². The molecule has 0 aromatic heterocycles. The fraction of sp³-hybridized carbons (Fsp3) is 0.455. The summed E-state index contributed by atoms with van der Waals surface area (Å²) in [6.45, 7) is 9.35. The van der Waals surface area contributed by atoms with E-state index in [9.17, 15) is 0 Å². The first kappa shape index (κ1) is 22.2. The normalized spacial score (nSPS) is 14.7. The minimum Gasteiger partial charge on any atom is -0.490 e. The van der Waals surface area contributed by atoms with Crippen LogP contribution in [0.4, 0.5) is 0 Å². The molecule has 0 saturated carbocycles. The molecule has 1 N–H and O–H groups in total. The first-order valence-electron chi connectivity index (χ1n) is 9.99. The van der Waals surface area contributed by atoms with Crippen molar-refractivity contribution in [1.82, 2.24) is 10.2 Å². The largest absolute Gasteiger partial charge is 0.490 e. The lowest BCUT2D eigenvalue weighted by molar-refractivity contribution is 0.0384. The first-order chi connectivity index (χ1) is 14.2. The molecule has 0 radical (unpaired) electrons. The second-order valence-corrected chi connectivity index (χ2v) is 7.71. The lowest BCUT2D eigenvalue weighted by Gasteiger charge is -2.26. The number of rotatable bonds is 10. The van der Waals surface area contributed by atoms with Crippen molar-refractivity contribution >= 4 is 23.2 Å². The van der Waals surface area contributed by atoms with Crippen molar-refractivity contribution < 1.29 is 14.2 Å². The lowest BCUT2D eigenvalue weighted by atomic mass is 10.2. The van der Waals surface area contributed by atoms with Gasteiger partial charge in [-0.05, 0) is 36.8 Å². The van der Waals surface area contributed by atoms with Crippen molar-refractivity contribution in [3.63, 3.8) is 0 Å². The molecule has 1 saturated heterocycles. The summed E-state index contributed by atoms with van der Waals surface area (Å²) >= 11 is 12.2.